The number of nitrogens with zero attached hydrogens (tertiary/aromatic N) is 2. The maximum atomic E-state index is 12.3. The van der Waals surface area contributed by atoms with E-state index in [2.05, 4.69) is 4.98 Å². The second kappa shape index (κ2) is 7.90. The van der Waals surface area contributed by atoms with Gasteiger partial charge in [-0.3, -0.25) is 9.59 Å². The van der Waals surface area contributed by atoms with Crippen LogP contribution in [0.4, 0.5) is 0 Å². The highest BCUT2D eigenvalue weighted by atomic mass is 35.5. The van der Waals surface area contributed by atoms with Gasteiger partial charge < -0.3 is 10.0 Å². The summed E-state index contributed by atoms with van der Waals surface area (Å²) in [7, 11) is 0. The van der Waals surface area contributed by atoms with Crippen LogP contribution in [0.2, 0.25) is 4.34 Å². The third-order valence-corrected chi connectivity index (χ3v) is 5.22. The molecule has 0 atom stereocenters. The molecule has 0 aliphatic heterocycles. The molecular formula is C15H17ClN2O3S2. The molecule has 0 spiro atoms. The molecular weight excluding hydrogens is 356 g/mol. The Labute approximate surface area is 147 Å². The maximum Gasteiger partial charge on any atom is 0.323 e. The van der Waals surface area contributed by atoms with Crippen molar-refractivity contribution in [2.75, 3.05) is 13.1 Å². The maximum absolute atomic E-state index is 12.3. The Morgan fingerprint density at radius 3 is 2.70 bits per heavy atom. The number of rotatable bonds is 7. The first-order valence-corrected chi connectivity index (χ1v) is 9.12. The van der Waals surface area contributed by atoms with Crippen molar-refractivity contribution in [1.29, 1.82) is 0 Å². The van der Waals surface area contributed by atoms with Gasteiger partial charge in [0.2, 0.25) is 5.91 Å². The number of aromatic nitrogens is 1. The second-order valence-electron chi connectivity index (χ2n) is 5.49. The highest BCUT2D eigenvalue weighted by Crippen LogP contribution is 2.33. The number of halogens is 1. The van der Waals surface area contributed by atoms with E-state index in [1.54, 1.807) is 0 Å². The number of carboxylic acid groups (broad SMARTS) is 1. The van der Waals surface area contributed by atoms with Gasteiger partial charge in [-0.25, -0.2) is 4.98 Å². The lowest BCUT2D eigenvalue weighted by molar-refractivity contribution is -0.144. The normalized spacial score (nSPS) is 11.0. The zero-order chi connectivity index (χ0) is 17.0. The van der Waals surface area contributed by atoms with E-state index in [0.717, 1.165) is 9.88 Å². The number of carboxylic acids is 1. The molecule has 2 aromatic heterocycles. The molecule has 0 saturated heterocycles. The summed E-state index contributed by atoms with van der Waals surface area (Å²) in [4.78, 5) is 30.0. The van der Waals surface area contributed by atoms with E-state index in [1.807, 2.05) is 31.4 Å². The van der Waals surface area contributed by atoms with E-state index in [0.29, 0.717) is 16.6 Å². The van der Waals surface area contributed by atoms with E-state index in [4.69, 9.17) is 16.7 Å². The predicted molar refractivity (Wildman–Crippen MR) is 93.2 cm³/mol. The van der Waals surface area contributed by atoms with Gasteiger partial charge in [0.15, 0.2) is 0 Å². The number of hydrogen-bond acceptors (Lipinski definition) is 5. The van der Waals surface area contributed by atoms with Crippen LogP contribution in [0, 0.1) is 5.92 Å². The van der Waals surface area contributed by atoms with Crippen LogP contribution in [-0.2, 0) is 16.0 Å². The van der Waals surface area contributed by atoms with Gasteiger partial charge in [-0.05, 0) is 18.1 Å². The molecule has 0 bridgehead atoms. The Balaban J connectivity index is 2.06. The topological polar surface area (TPSA) is 70.5 Å². The quantitative estimate of drug-likeness (QED) is 0.805. The fourth-order valence-electron chi connectivity index (χ4n) is 2.06. The number of hydrogen-bond donors (Lipinski definition) is 1. The van der Waals surface area contributed by atoms with E-state index in [1.165, 1.54) is 27.6 Å². The molecule has 0 fully saturated rings. The highest BCUT2D eigenvalue weighted by Gasteiger charge is 2.19. The molecule has 0 aromatic carbocycles. The molecule has 2 heterocycles. The van der Waals surface area contributed by atoms with Gasteiger partial charge in [-0.1, -0.05) is 25.4 Å². The van der Waals surface area contributed by atoms with Gasteiger partial charge in [0, 0.05) is 11.9 Å². The monoisotopic (exact) mass is 372 g/mol. The number of carbonyl (C=O) groups excluding carboxylic acids is 1. The summed E-state index contributed by atoms with van der Waals surface area (Å²) in [5.41, 5.74) is 0.652. The van der Waals surface area contributed by atoms with Crippen molar-refractivity contribution >= 4 is 46.2 Å². The average molecular weight is 373 g/mol. The number of aliphatic carboxylic acids is 1. The molecule has 0 radical (unpaired) electrons. The van der Waals surface area contributed by atoms with Gasteiger partial charge in [0.25, 0.3) is 0 Å². The lowest BCUT2D eigenvalue weighted by Crippen LogP contribution is -2.39. The number of thiophene rings is 1. The molecule has 8 heteroatoms. The molecule has 0 aliphatic carbocycles. The van der Waals surface area contributed by atoms with Crippen LogP contribution >= 0.6 is 34.3 Å². The lowest BCUT2D eigenvalue weighted by Gasteiger charge is -2.22. The largest absolute Gasteiger partial charge is 0.480 e. The molecule has 23 heavy (non-hydrogen) atoms. The number of thiazole rings is 1. The second-order valence-corrected chi connectivity index (χ2v) is 8.06. The van der Waals surface area contributed by atoms with E-state index >= 15 is 0 Å². The molecule has 2 rings (SSSR count). The van der Waals surface area contributed by atoms with Crippen LogP contribution in [0.15, 0.2) is 17.5 Å². The first-order chi connectivity index (χ1) is 10.8. The van der Waals surface area contributed by atoms with Crippen LogP contribution in [0.1, 0.15) is 19.5 Å². The first kappa shape index (κ1) is 17.9. The van der Waals surface area contributed by atoms with Crippen LogP contribution < -0.4 is 0 Å². The van der Waals surface area contributed by atoms with Crippen LogP contribution in [-0.4, -0.2) is 40.0 Å². The molecule has 5 nitrogen and oxygen atoms in total. The van der Waals surface area contributed by atoms with Gasteiger partial charge in [-0.15, -0.1) is 22.7 Å². The average Bonchev–Trinajstić information content (AvgIpc) is 3.05. The molecule has 1 N–H and O–H groups in total. The van der Waals surface area contributed by atoms with Crippen LogP contribution in [0.25, 0.3) is 9.88 Å². The standard InChI is InChI=1S/C15H17ClN2O3S2/c1-9(2)6-18(7-14(20)21)13(19)5-10-8-22-15(17-10)11-3-4-12(16)23-11/h3-4,8-9H,5-7H2,1-2H3,(H,20,21). The van der Waals surface area contributed by atoms with Crippen molar-refractivity contribution in [3.8, 4) is 9.88 Å². The summed E-state index contributed by atoms with van der Waals surface area (Å²) in [6.07, 6.45) is 0.107. The molecule has 124 valence electrons. The third-order valence-electron chi connectivity index (χ3n) is 2.93. The van der Waals surface area contributed by atoms with Crippen molar-refractivity contribution in [2.45, 2.75) is 20.3 Å². The zero-order valence-electron chi connectivity index (χ0n) is 12.8. The summed E-state index contributed by atoms with van der Waals surface area (Å²) in [6, 6.07) is 3.71. The van der Waals surface area contributed by atoms with Crippen molar-refractivity contribution in [1.82, 2.24) is 9.88 Å². The Morgan fingerprint density at radius 2 is 2.13 bits per heavy atom. The van der Waals surface area contributed by atoms with Gasteiger partial charge in [-0.2, -0.15) is 0 Å². The highest BCUT2D eigenvalue weighted by molar-refractivity contribution is 7.23. The summed E-state index contributed by atoms with van der Waals surface area (Å²) in [5, 5.41) is 11.6. The van der Waals surface area contributed by atoms with Gasteiger partial charge >= 0.3 is 5.97 Å². The Bertz CT molecular complexity index is 696. The summed E-state index contributed by atoms with van der Waals surface area (Å²) < 4.78 is 0.692. The minimum absolute atomic E-state index is 0.107. The number of carbonyl (C=O) groups is 2. The van der Waals surface area contributed by atoms with E-state index < -0.39 is 5.97 Å². The fraction of sp³-hybridized carbons (Fsp3) is 0.400. The predicted octanol–water partition coefficient (Wildman–Crippen LogP) is 3.64. The van der Waals surface area contributed by atoms with Crippen LogP contribution in [0.3, 0.4) is 0 Å². The fourth-order valence-corrected chi connectivity index (χ4v) is 3.99. The van der Waals surface area contributed by atoms with Crippen molar-refractivity contribution in [2.24, 2.45) is 5.92 Å². The smallest absolute Gasteiger partial charge is 0.323 e. The molecule has 0 aliphatic rings. The van der Waals surface area contributed by atoms with Crippen molar-refractivity contribution in [3.63, 3.8) is 0 Å². The number of amides is 1. The SMILES string of the molecule is CC(C)CN(CC(=O)O)C(=O)Cc1csc(-c2ccc(Cl)s2)n1. The molecule has 2 aromatic rings. The van der Waals surface area contributed by atoms with Crippen molar-refractivity contribution in [3.05, 3.63) is 27.5 Å². The molecule has 0 unspecified atom stereocenters. The van der Waals surface area contributed by atoms with Gasteiger partial charge in [0.1, 0.15) is 11.6 Å². The van der Waals surface area contributed by atoms with E-state index in [-0.39, 0.29) is 24.8 Å². The summed E-state index contributed by atoms with van der Waals surface area (Å²) in [6.45, 7) is 4.03. The summed E-state index contributed by atoms with van der Waals surface area (Å²) >= 11 is 8.81. The zero-order valence-corrected chi connectivity index (χ0v) is 15.2. The molecule has 0 saturated carbocycles. The molecule has 1 amide bonds. The Kier molecular flexibility index (Phi) is 6.15. The summed E-state index contributed by atoms with van der Waals surface area (Å²) in [5.74, 6) is -1.02. The Morgan fingerprint density at radius 1 is 1.39 bits per heavy atom. The Hall–Kier alpha value is -1.44. The van der Waals surface area contributed by atoms with Crippen molar-refractivity contribution < 1.29 is 14.7 Å². The van der Waals surface area contributed by atoms with Gasteiger partial charge in [0.05, 0.1) is 21.3 Å². The minimum Gasteiger partial charge on any atom is -0.480 e. The third kappa shape index (κ3) is 5.30. The lowest BCUT2D eigenvalue weighted by atomic mass is 10.2. The van der Waals surface area contributed by atoms with E-state index in [9.17, 15) is 9.59 Å². The minimum atomic E-state index is -1.01. The first-order valence-electron chi connectivity index (χ1n) is 7.05. The van der Waals surface area contributed by atoms with Crippen LogP contribution in [0.5, 0.6) is 0 Å².